The zero-order chi connectivity index (χ0) is 24.9. The highest BCUT2D eigenvalue weighted by molar-refractivity contribution is 5.73. The van der Waals surface area contributed by atoms with Crippen molar-refractivity contribution in [2.75, 3.05) is 27.3 Å². The van der Waals surface area contributed by atoms with Crippen molar-refractivity contribution in [1.82, 2.24) is 5.06 Å². The van der Waals surface area contributed by atoms with Crippen LogP contribution in [0.1, 0.15) is 16.7 Å². The lowest BCUT2D eigenvalue weighted by Crippen LogP contribution is -2.40. The van der Waals surface area contributed by atoms with E-state index in [2.05, 4.69) is 0 Å². The number of hydrogen-bond acceptors (Lipinski definition) is 6. The first kappa shape index (κ1) is 26.1. The molecule has 6 heteroatoms. The van der Waals surface area contributed by atoms with E-state index in [1.807, 2.05) is 91.0 Å². The van der Waals surface area contributed by atoms with Crippen LogP contribution >= 0.6 is 0 Å². The first-order chi connectivity index (χ1) is 17.1. The average molecular weight is 476 g/mol. The third kappa shape index (κ3) is 8.67. The van der Waals surface area contributed by atoms with Crippen LogP contribution in [0.25, 0.3) is 0 Å². The number of nitrogens with zero attached hydrogens (tertiary/aromatic N) is 1. The maximum atomic E-state index is 12.7. The summed E-state index contributed by atoms with van der Waals surface area (Å²) < 4.78 is 10.2. The minimum absolute atomic E-state index is 0.274. The van der Waals surface area contributed by atoms with Crippen LogP contribution in [0.15, 0.2) is 91.0 Å². The Balaban J connectivity index is 1.80. The van der Waals surface area contributed by atoms with Crippen molar-refractivity contribution < 1.29 is 23.9 Å². The maximum Gasteiger partial charge on any atom is 0.310 e. The molecule has 0 aliphatic carbocycles. The summed E-state index contributed by atoms with van der Waals surface area (Å²) in [5.41, 5.74) is 3.05. The lowest BCUT2D eigenvalue weighted by molar-refractivity contribution is -0.193. The van der Waals surface area contributed by atoms with Crippen LogP contribution in [-0.2, 0) is 43.3 Å². The second-order valence-electron chi connectivity index (χ2n) is 8.43. The summed E-state index contributed by atoms with van der Waals surface area (Å²) in [6.07, 6.45) is 1.00. The molecule has 3 aromatic rings. The predicted octanol–water partition coefficient (Wildman–Crippen LogP) is 4.48. The summed E-state index contributed by atoms with van der Waals surface area (Å²) >= 11 is 0. The smallest absolute Gasteiger partial charge is 0.310 e. The quantitative estimate of drug-likeness (QED) is 0.268. The summed E-state index contributed by atoms with van der Waals surface area (Å²) in [5.74, 6) is -1.57. The SMILES string of the molecule is COC(=O)C(Cc1ccccc1)CN(CC(Cc1ccccc1)C(=O)OC)OCc1ccccc1. The third-order valence-electron chi connectivity index (χ3n) is 5.82. The van der Waals surface area contributed by atoms with E-state index in [1.165, 1.54) is 14.2 Å². The molecule has 0 fully saturated rings. The van der Waals surface area contributed by atoms with Gasteiger partial charge in [0.25, 0.3) is 0 Å². The van der Waals surface area contributed by atoms with Crippen molar-refractivity contribution >= 4 is 11.9 Å². The first-order valence-corrected chi connectivity index (χ1v) is 11.7. The molecule has 6 nitrogen and oxygen atoms in total. The van der Waals surface area contributed by atoms with Crippen molar-refractivity contribution in [2.45, 2.75) is 19.4 Å². The van der Waals surface area contributed by atoms with Crippen LogP contribution in [0.3, 0.4) is 0 Å². The Morgan fingerprint density at radius 1 is 0.629 bits per heavy atom. The lowest BCUT2D eigenvalue weighted by atomic mass is 9.97. The number of carbonyl (C=O) groups excluding carboxylic acids is 2. The second-order valence-corrected chi connectivity index (χ2v) is 8.43. The van der Waals surface area contributed by atoms with Gasteiger partial charge in [-0.05, 0) is 29.5 Å². The van der Waals surface area contributed by atoms with Gasteiger partial charge in [0.15, 0.2) is 0 Å². The zero-order valence-electron chi connectivity index (χ0n) is 20.3. The fraction of sp³-hybridized carbons (Fsp3) is 0.310. The van der Waals surface area contributed by atoms with E-state index >= 15 is 0 Å². The molecule has 2 unspecified atom stereocenters. The monoisotopic (exact) mass is 475 g/mol. The minimum Gasteiger partial charge on any atom is -0.469 e. The Hall–Kier alpha value is -3.48. The highest BCUT2D eigenvalue weighted by atomic mass is 16.7. The molecule has 0 heterocycles. The van der Waals surface area contributed by atoms with Crippen LogP contribution in [0, 0.1) is 11.8 Å². The number of hydroxylamine groups is 2. The van der Waals surface area contributed by atoms with Gasteiger partial charge in [-0.25, -0.2) is 0 Å². The molecule has 0 radical (unpaired) electrons. The van der Waals surface area contributed by atoms with E-state index in [9.17, 15) is 9.59 Å². The Bertz CT molecular complexity index is 963. The number of rotatable bonds is 13. The molecule has 0 aromatic heterocycles. The predicted molar refractivity (Wildman–Crippen MR) is 134 cm³/mol. The third-order valence-corrected chi connectivity index (χ3v) is 5.82. The van der Waals surface area contributed by atoms with E-state index in [4.69, 9.17) is 14.3 Å². The van der Waals surface area contributed by atoms with E-state index in [-0.39, 0.29) is 25.0 Å². The fourth-order valence-corrected chi connectivity index (χ4v) is 3.99. The molecule has 0 bridgehead atoms. The Labute approximate surface area is 207 Å². The normalized spacial score (nSPS) is 12.7. The minimum atomic E-state index is -0.465. The van der Waals surface area contributed by atoms with Gasteiger partial charge in [-0.1, -0.05) is 91.0 Å². The van der Waals surface area contributed by atoms with Gasteiger partial charge in [0.05, 0.1) is 32.7 Å². The van der Waals surface area contributed by atoms with Gasteiger partial charge in [0.2, 0.25) is 0 Å². The summed E-state index contributed by atoms with van der Waals surface area (Å²) in [7, 11) is 2.78. The molecule has 0 saturated heterocycles. The van der Waals surface area contributed by atoms with Crippen molar-refractivity contribution in [1.29, 1.82) is 0 Å². The molecule has 0 amide bonds. The van der Waals surface area contributed by atoms with Crippen LogP contribution in [0.2, 0.25) is 0 Å². The van der Waals surface area contributed by atoms with Crippen LogP contribution in [-0.4, -0.2) is 44.3 Å². The maximum absolute atomic E-state index is 12.7. The van der Waals surface area contributed by atoms with E-state index in [0.717, 1.165) is 16.7 Å². The van der Waals surface area contributed by atoms with Crippen molar-refractivity contribution in [3.63, 3.8) is 0 Å². The Morgan fingerprint density at radius 3 is 1.37 bits per heavy atom. The van der Waals surface area contributed by atoms with Gasteiger partial charge < -0.3 is 9.47 Å². The van der Waals surface area contributed by atoms with Gasteiger partial charge >= 0.3 is 11.9 Å². The molecule has 3 aromatic carbocycles. The zero-order valence-corrected chi connectivity index (χ0v) is 20.3. The summed E-state index contributed by atoms with van der Waals surface area (Å²) in [4.78, 5) is 31.6. The molecule has 0 aliphatic rings. The highest BCUT2D eigenvalue weighted by Crippen LogP contribution is 2.18. The molecule has 35 heavy (non-hydrogen) atoms. The van der Waals surface area contributed by atoms with Gasteiger partial charge in [-0.3, -0.25) is 14.4 Å². The number of ether oxygens (including phenoxy) is 2. The molecule has 0 spiro atoms. The standard InChI is InChI=1S/C29H33NO5/c1-33-28(31)26(18-23-12-6-3-7-13-23)20-30(35-22-25-16-10-5-11-17-25)21-27(29(32)34-2)19-24-14-8-4-9-15-24/h3-17,26-27H,18-22H2,1-2H3. The van der Waals surface area contributed by atoms with Gasteiger partial charge in [0, 0.05) is 13.1 Å². The van der Waals surface area contributed by atoms with Gasteiger partial charge in [-0.15, -0.1) is 0 Å². The van der Waals surface area contributed by atoms with Gasteiger partial charge in [-0.2, -0.15) is 5.06 Å². The number of benzene rings is 3. The summed E-state index contributed by atoms with van der Waals surface area (Å²) in [6, 6.07) is 29.4. The van der Waals surface area contributed by atoms with Crippen molar-refractivity contribution in [3.8, 4) is 0 Å². The summed E-state index contributed by atoms with van der Waals surface area (Å²) in [5, 5.41) is 1.71. The number of carbonyl (C=O) groups is 2. The Kier molecular flexibility index (Phi) is 10.5. The highest BCUT2D eigenvalue weighted by Gasteiger charge is 2.28. The van der Waals surface area contributed by atoms with Crippen molar-refractivity contribution in [3.05, 3.63) is 108 Å². The second kappa shape index (κ2) is 14.0. The Morgan fingerprint density at radius 2 is 1.00 bits per heavy atom. The van der Waals surface area contributed by atoms with E-state index in [0.29, 0.717) is 19.4 Å². The van der Waals surface area contributed by atoms with E-state index in [1.54, 1.807) is 5.06 Å². The molecule has 0 aliphatic heterocycles. The first-order valence-electron chi connectivity index (χ1n) is 11.7. The average Bonchev–Trinajstić information content (AvgIpc) is 2.91. The molecule has 3 rings (SSSR count). The fourth-order valence-electron chi connectivity index (χ4n) is 3.99. The molecule has 184 valence electrons. The van der Waals surface area contributed by atoms with E-state index < -0.39 is 11.8 Å². The largest absolute Gasteiger partial charge is 0.469 e. The molecule has 0 saturated carbocycles. The lowest BCUT2D eigenvalue weighted by Gasteiger charge is -2.28. The molecular weight excluding hydrogens is 442 g/mol. The number of hydrogen-bond donors (Lipinski definition) is 0. The molecule has 2 atom stereocenters. The van der Waals surface area contributed by atoms with Crippen molar-refractivity contribution in [2.24, 2.45) is 11.8 Å². The summed E-state index contributed by atoms with van der Waals surface area (Å²) in [6.45, 7) is 0.868. The topological polar surface area (TPSA) is 65.1 Å². The van der Waals surface area contributed by atoms with Crippen LogP contribution in [0.4, 0.5) is 0 Å². The van der Waals surface area contributed by atoms with Crippen LogP contribution < -0.4 is 0 Å². The molecule has 0 N–H and O–H groups in total. The van der Waals surface area contributed by atoms with Gasteiger partial charge in [0.1, 0.15) is 0 Å². The van der Waals surface area contributed by atoms with Crippen LogP contribution in [0.5, 0.6) is 0 Å². The number of methoxy groups -OCH3 is 2. The molecular formula is C29H33NO5. The number of esters is 2.